The van der Waals surface area contributed by atoms with Crippen LogP contribution in [0.4, 0.5) is 0 Å². The number of benzene rings is 2. The average Bonchev–Trinajstić information content (AvgIpc) is 2.92. The number of Topliss-reactive ketones (excluding diaryl/α,β-unsaturated/α-hetero) is 2. The van der Waals surface area contributed by atoms with E-state index in [0.717, 1.165) is 11.1 Å². The van der Waals surface area contributed by atoms with Crippen molar-refractivity contribution in [1.29, 1.82) is 0 Å². The minimum Gasteiger partial charge on any atom is -0.485 e. The standard InChI is InChI=1S/C23H24O5/c1-17(24)12-20-13-21(28-15-19-10-6-3-7-11-19)22(25)23(20,26)16-27-14-18-8-4-2-5-9-18/h2-11,13,20,26H,12,14-16H2,1H3/t20-,23+/m0/s1. The third-order valence-electron chi connectivity index (χ3n) is 4.76. The monoisotopic (exact) mass is 380 g/mol. The lowest BCUT2D eigenvalue weighted by Crippen LogP contribution is -2.47. The van der Waals surface area contributed by atoms with Crippen molar-refractivity contribution in [3.8, 4) is 0 Å². The first-order chi connectivity index (χ1) is 13.5. The Bertz CT molecular complexity index is 844. The quantitative estimate of drug-likeness (QED) is 0.723. The fourth-order valence-corrected chi connectivity index (χ4v) is 3.24. The van der Waals surface area contributed by atoms with Crippen LogP contribution in [0.5, 0.6) is 0 Å². The fourth-order valence-electron chi connectivity index (χ4n) is 3.24. The van der Waals surface area contributed by atoms with Gasteiger partial charge < -0.3 is 19.4 Å². The van der Waals surface area contributed by atoms with Crippen LogP contribution in [-0.4, -0.2) is 28.9 Å². The first-order valence-electron chi connectivity index (χ1n) is 9.26. The predicted molar refractivity (Wildman–Crippen MR) is 104 cm³/mol. The molecule has 2 aromatic carbocycles. The Morgan fingerprint density at radius 2 is 1.57 bits per heavy atom. The van der Waals surface area contributed by atoms with Crippen LogP contribution in [0.25, 0.3) is 0 Å². The number of carbonyl (C=O) groups excluding carboxylic acids is 2. The highest BCUT2D eigenvalue weighted by molar-refractivity contribution is 6.03. The highest BCUT2D eigenvalue weighted by Crippen LogP contribution is 2.35. The largest absolute Gasteiger partial charge is 0.485 e. The third-order valence-corrected chi connectivity index (χ3v) is 4.76. The van der Waals surface area contributed by atoms with Crippen LogP contribution < -0.4 is 0 Å². The molecule has 0 heterocycles. The van der Waals surface area contributed by atoms with Crippen molar-refractivity contribution in [3.63, 3.8) is 0 Å². The SMILES string of the molecule is CC(=O)C[C@H]1C=C(OCc2ccccc2)C(=O)[C@@]1(O)COCc1ccccc1. The van der Waals surface area contributed by atoms with Crippen LogP contribution in [0.3, 0.4) is 0 Å². The maximum Gasteiger partial charge on any atom is 0.231 e. The second kappa shape index (κ2) is 8.95. The van der Waals surface area contributed by atoms with E-state index in [9.17, 15) is 14.7 Å². The molecule has 0 radical (unpaired) electrons. The second-order valence-corrected chi connectivity index (χ2v) is 7.05. The van der Waals surface area contributed by atoms with Gasteiger partial charge in [0.1, 0.15) is 12.4 Å². The van der Waals surface area contributed by atoms with Gasteiger partial charge in [0, 0.05) is 12.3 Å². The van der Waals surface area contributed by atoms with Gasteiger partial charge in [-0.15, -0.1) is 0 Å². The van der Waals surface area contributed by atoms with Crippen molar-refractivity contribution in [3.05, 3.63) is 83.6 Å². The molecule has 5 heteroatoms. The summed E-state index contributed by atoms with van der Waals surface area (Å²) in [6, 6.07) is 18.9. The minimum atomic E-state index is -1.80. The van der Waals surface area contributed by atoms with Crippen molar-refractivity contribution in [2.24, 2.45) is 5.92 Å². The van der Waals surface area contributed by atoms with Gasteiger partial charge in [-0.2, -0.15) is 0 Å². The molecule has 3 rings (SSSR count). The molecule has 0 fully saturated rings. The van der Waals surface area contributed by atoms with Gasteiger partial charge in [-0.1, -0.05) is 60.7 Å². The van der Waals surface area contributed by atoms with Crippen molar-refractivity contribution >= 4 is 11.6 Å². The van der Waals surface area contributed by atoms with Gasteiger partial charge in [0.15, 0.2) is 11.4 Å². The molecule has 1 aliphatic carbocycles. The highest BCUT2D eigenvalue weighted by Gasteiger charge is 2.51. The van der Waals surface area contributed by atoms with E-state index in [0.29, 0.717) is 0 Å². The Morgan fingerprint density at radius 3 is 2.14 bits per heavy atom. The topological polar surface area (TPSA) is 72.8 Å². The number of hydrogen-bond acceptors (Lipinski definition) is 5. The van der Waals surface area contributed by atoms with Crippen LogP contribution in [0, 0.1) is 5.92 Å². The summed E-state index contributed by atoms with van der Waals surface area (Å²) in [5, 5.41) is 11.1. The van der Waals surface area contributed by atoms with Gasteiger partial charge in [0.25, 0.3) is 0 Å². The van der Waals surface area contributed by atoms with Crippen molar-refractivity contribution in [2.45, 2.75) is 32.2 Å². The van der Waals surface area contributed by atoms with Crippen molar-refractivity contribution in [1.82, 2.24) is 0 Å². The van der Waals surface area contributed by atoms with E-state index >= 15 is 0 Å². The van der Waals surface area contributed by atoms with E-state index in [2.05, 4.69) is 0 Å². The Labute approximate surface area is 164 Å². The van der Waals surface area contributed by atoms with Crippen LogP contribution >= 0.6 is 0 Å². The molecule has 1 aliphatic rings. The van der Waals surface area contributed by atoms with Crippen molar-refractivity contribution in [2.75, 3.05) is 6.61 Å². The van der Waals surface area contributed by atoms with Gasteiger partial charge in [-0.05, 0) is 24.1 Å². The van der Waals surface area contributed by atoms with Gasteiger partial charge in [0.05, 0.1) is 13.2 Å². The maximum absolute atomic E-state index is 12.8. The molecule has 0 saturated heterocycles. The summed E-state index contributed by atoms with van der Waals surface area (Å²) in [6.07, 6.45) is 1.60. The van der Waals surface area contributed by atoms with E-state index in [1.54, 1.807) is 6.08 Å². The summed E-state index contributed by atoms with van der Waals surface area (Å²) in [4.78, 5) is 24.5. The minimum absolute atomic E-state index is 0.0507. The van der Waals surface area contributed by atoms with E-state index in [4.69, 9.17) is 9.47 Å². The molecule has 0 saturated carbocycles. The van der Waals surface area contributed by atoms with Gasteiger partial charge in [-0.3, -0.25) is 4.79 Å². The normalized spacial score (nSPS) is 21.4. The molecule has 146 valence electrons. The van der Waals surface area contributed by atoms with Crippen LogP contribution in [0.1, 0.15) is 24.5 Å². The molecule has 0 amide bonds. The van der Waals surface area contributed by atoms with Gasteiger partial charge >= 0.3 is 0 Å². The fraction of sp³-hybridized carbons (Fsp3) is 0.304. The molecular weight excluding hydrogens is 356 g/mol. The summed E-state index contributed by atoms with van der Waals surface area (Å²) in [6.45, 7) is 1.72. The molecular formula is C23H24O5. The molecule has 2 aromatic rings. The summed E-state index contributed by atoms with van der Waals surface area (Å²) < 4.78 is 11.3. The van der Waals surface area contributed by atoms with Crippen molar-refractivity contribution < 1.29 is 24.2 Å². The molecule has 0 spiro atoms. The van der Waals surface area contributed by atoms with Crippen LogP contribution in [0.2, 0.25) is 0 Å². The third kappa shape index (κ3) is 4.74. The maximum atomic E-state index is 12.8. The first-order valence-corrected chi connectivity index (χ1v) is 9.26. The lowest BCUT2D eigenvalue weighted by atomic mass is 9.86. The number of ketones is 2. The number of carbonyl (C=O) groups is 2. The molecule has 0 aliphatic heterocycles. The average molecular weight is 380 g/mol. The number of aliphatic hydroxyl groups is 1. The molecule has 0 unspecified atom stereocenters. The Hall–Kier alpha value is -2.76. The smallest absolute Gasteiger partial charge is 0.231 e. The Morgan fingerprint density at radius 1 is 1.00 bits per heavy atom. The lowest BCUT2D eigenvalue weighted by molar-refractivity contribution is -0.147. The summed E-state index contributed by atoms with van der Waals surface area (Å²) in [5.74, 6) is -1.23. The number of ether oxygens (including phenoxy) is 2. The second-order valence-electron chi connectivity index (χ2n) is 7.05. The summed E-state index contributed by atoms with van der Waals surface area (Å²) in [7, 11) is 0. The van der Waals surface area contributed by atoms with Gasteiger partial charge in [-0.25, -0.2) is 0 Å². The molecule has 5 nitrogen and oxygen atoms in total. The van der Waals surface area contributed by atoms with Gasteiger partial charge in [0.2, 0.25) is 5.78 Å². The summed E-state index contributed by atoms with van der Waals surface area (Å²) in [5.41, 5.74) is 0.0511. The molecule has 28 heavy (non-hydrogen) atoms. The van der Waals surface area contributed by atoms with E-state index in [-0.39, 0.29) is 37.8 Å². The highest BCUT2D eigenvalue weighted by atomic mass is 16.5. The van der Waals surface area contributed by atoms with E-state index in [1.807, 2.05) is 60.7 Å². The Kier molecular flexibility index (Phi) is 6.39. The molecule has 1 N–H and O–H groups in total. The zero-order valence-corrected chi connectivity index (χ0v) is 15.8. The van der Waals surface area contributed by atoms with Crippen LogP contribution in [-0.2, 0) is 32.3 Å². The number of rotatable bonds is 9. The molecule has 0 aromatic heterocycles. The Balaban J connectivity index is 1.67. The molecule has 0 bridgehead atoms. The molecule has 2 atom stereocenters. The zero-order chi connectivity index (χ0) is 20.0. The van der Waals surface area contributed by atoms with E-state index in [1.165, 1.54) is 6.92 Å². The lowest BCUT2D eigenvalue weighted by Gasteiger charge is -2.27. The first kappa shape index (κ1) is 20.0. The van der Waals surface area contributed by atoms with Crippen LogP contribution in [0.15, 0.2) is 72.5 Å². The summed E-state index contributed by atoms with van der Waals surface area (Å²) >= 11 is 0. The van der Waals surface area contributed by atoms with E-state index < -0.39 is 17.3 Å². The predicted octanol–water partition coefficient (Wildman–Crippen LogP) is 3.21. The zero-order valence-electron chi connectivity index (χ0n) is 15.8. The number of hydrogen-bond donors (Lipinski definition) is 1.